The number of nitrogens with zero attached hydrogens (tertiary/aromatic N) is 2. The Hall–Kier alpha value is -3.64. The predicted molar refractivity (Wildman–Crippen MR) is 127 cm³/mol. The van der Waals surface area contributed by atoms with Gasteiger partial charge in [0.2, 0.25) is 0 Å². The third-order valence-corrected chi connectivity index (χ3v) is 5.57. The van der Waals surface area contributed by atoms with Gasteiger partial charge in [-0.15, -0.1) is 0 Å². The van der Waals surface area contributed by atoms with Crippen molar-refractivity contribution in [1.82, 2.24) is 9.55 Å². The summed E-state index contributed by atoms with van der Waals surface area (Å²) in [5, 5.41) is 4.03. The van der Waals surface area contributed by atoms with Gasteiger partial charge in [0.1, 0.15) is 11.6 Å². The molecule has 1 heterocycles. The second kappa shape index (κ2) is 8.85. The van der Waals surface area contributed by atoms with Crippen LogP contribution < -0.4 is 15.6 Å². The summed E-state index contributed by atoms with van der Waals surface area (Å²) in [6.07, 6.45) is -0.704. The van der Waals surface area contributed by atoms with Crippen LogP contribution in [0.25, 0.3) is 16.6 Å². The first-order valence-corrected chi connectivity index (χ1v) is 10.5. The Bertz CT molecular complexity index is 1360. The lowest BCUT2D eigenvalue weighted by atomic mass is 10.2. The number of halogens is 1. The first-order chi connectivity index (χ1) is 15.3. The average molecular weight is 448 g/mol. The lowest BCUT2D eigenvalue weighted by molar-refractivity contribution is -0.122. The maximum atomic E-state index is 12.9. The zero-order valence-electron chi connectivity index (χ0n) is 17.9. The molecule has 162 valence electrons. The Morgan fingerprint density at radius 3 is 2.50 bits per heavy atom. The molecule has 0 aliphatic rings. The van der Waals surface area contributed by atoms with Gasteiger partial charge in [-0.25, -0.2) is 4.98 Å². The molecule has 0 saturated heterocycles. The van der Waals surface area contributed by atoms with E-state index in [1.807, 2.05) is 25.1 Å². The Morgan fingerprint density at radius 2 is 1.78 bits per heavy atom. The summed E-state index contributed by atoms with van der Waals surface area (Å²) in [5.74, 6) is 0.875. The van der Waals surface area contributed by atoms with Crippen LogP contribution in [0.3, 0.4) is 0 Å². The first kappa shape index (κ1) is 21.6. The molecule has 0 spiro atoms. The van der Waals surface area contributed by atoms with E-state index in [-0.39, 0.29) is 11.5 Å². The van der Waals surface area contributed by atoms with E-state index < -0.39 is 6.10 Å². The molecule has 7 heteroatoms. The molecule has 1 aromatic heterocycles. The second-order valence-corrected chi connectivity index (χ2v) is 7.93. The number of para-hydroxylation sites is 1. The van der Waals surface area contributed by atoms with E-state index in [2.05, 4.69) is 10.3 Å². The van der Waals surface area contributed by atoms with Crippen molar-refractivity contribution < 1.29 is 9.53 Å². The molecule has 0 fully saturated rings. The molecule has 0 saturated carbocycles. The van der Waals surface area contributed by atoms with Gasteiger partial charge in [0, 0.05) is 10.7 Å². The minimum atomic E-state index is -0.704. The molecule has 1 unspecified atom stereocenters. The van der Waals surface area contributed by atoms with Crippen LogP contribution in [0.5, 0.6) is 5.75 Å². The fourth-order valence-electron chi connectivity index (χ4n) is 3.43. The van der Waals surface area contributed by atoms with Crippen LogP contribution in [0.1, 0.15) is 18.3 Å². The summed E-state index contributed by atoms with van der Waals surface area (Å²) in [7, 11) is 0. The Balaban J connectivity index is 1.50. The molecule has 1 amide bonds. The summed E-state index contributed by atoms with van der Waals surface area (Å²) in [4.78, 5) is 30.0. The molecule has 0 bridgehead atoms. The summed E-state index contributed by atoms with van der Waals surface area (Å²) in [6, 6.07) is 19.5. The van der Waals surface area contributed by atoms with Gasteiger partial charge >= 0.3 is 0 Å². The smallest absolute Gasteiger partial charge is 0.265 e. The standard InChI is InChI=1S/C25H22ClN3O3/c1-15-14-20(12-13-22(15)26)32-16(2)24(30)28-18-8-10-19(11-9-18)29-17(3)27-23-7-5-4-6-21(23)25(29)31/h4-14,16H,1-3H3,(H,28,30). The summed E-state index contributed by atoms with van der Waals surface area (Å²) < 4.78 is 7.28. The highest BCUT2D eigenvalue weighted by molar-refractivity contribution is 6.31. The number of rotatable bonds is 5. The lowest BCUT2D eigenvalue weighted by Crippen LogP contribution is -2.30. The quantitative estimate of drug-likeness (QED) is 0.464. The van der Waals surface area contributed by atoms with Crippen molar-refractivity contribution in [3.8, 4) is 11.4 Å². The topological polar surface area (TPSA) is 73.2 Å². The second-order valence-electron chi connectivity index (χ2n) is 7.52. The summed E-state index contributed by atoms with van der Waals surface area (Å²) in [5.41, 5.74) is 2.68. The van der Waals surface area contributed by atoms with Crippen molar-refractivity contribution in [2.45, 2.75) is 26.9 Å². The number of hydrogen-bond acceptors (Lipinski definition) is 4. The lowest BCUT2D eigenvalue weighted by Gasteiger charge is -2.16. The molecular weight excluding hydrogens is 426 g/mol. The highest BCUT2D eigenvalue weighted by atomic mass is 35.5. The number of carbonyl (C=O) groups is 1. The van der Waals surface area contributed by atoms with E-state index in [0.29, 0.717) is 38.9 Å². The van der Waals surface area contributed by atoms with E-state index in [4.69, 9.17) is 16.3 Å². The summed E-state index contributed by atoms with van der Waals surface area (Å²) in [6.45, 7) is 5.35. The van der Waals surface area contributed by atoms with E-state index >= 15 is 0 Å². The van der Waals surface area contributed by atoms with Crippen molar-refractivity contribution in [3.05, 3.63) is 93.5 Å². The van der Waals surface area contributed by atoms with Gasteiger partial charge in [-0.2, -0.15) is 0 Å². The fraction of sp³-hybridized carbons (Fsp3) is 0.160. The highest BCUT2D eigenvalue weighted by Crippen LogP contribution is 2.22. The molecule has 1 atom stereocenters. The van der Waals surface area contributed by atoms with E-state index in [1.165, 1.54) is 0 Å². The number of anilines is 1. The van der Waals surface area contributed by atoms with Gasteiger partial charge in [0.05, 0.1) is 16.6 Å². The largest absolute Gasteiger partial charge is 0.481 e. The van der Waals surface area contributed by atoms with E-state index in [1.54, 1.807) is 66.9 Å². The molecule has 32 heavy (non-hydrogen) atoms. The number of aromatic nitrogens is 2. The van der Waals surface area contributed by atoms with Gasteiger partial charge in [0.15, 0.2) is 6.10 Å². The number of ether oxygens (including phenoxy) is 1. The van der Waals surface area contributed by atoms with Crippen LogP contribution in [-0.4, -0.2) is 21.6 Å². The van der Waals surface area contributed by atoms with E-state index in [9.17, 15) is 9.59 Å². The van der Waals surface area contributed by atoms with Crippen LogP contribution in [0.15, 0.2) is 71.5 Å². The number of fused-ring (bicyclic) bond motifs is 1. The maximum absolute atomic E-state index is 12.9. The van der Waals surface area contributed by atoms with Gasteiger partial charge in [-0.05, 0) is 80.9 Å². The zero-order chi connectivity index (χ0) is 22.8. The SMILES string of the molecule is Cc1cc(OC(C)C(=O)Nc2ccc(-n3c(C)nc4ccccc4c3=O)cc2)ccc1Cl. The third kappa shape index (κ3) is 4.36. The van der Waals surface area contributed by atoms with Gasteiger partial charge < -0.3 is 10.1 Å². The Kier molecular flexibility index (Phi) is 5.97. The Labute approximate surface area is 190 Å². The van der Waals surface area contributed by atoms with Crippen LogP contribution in [0.4, 0.5) is 5.69 Å². The number of benzene rings is 3. The molecule has 4 aromatic rings. The van der Waals surface area contributed by atoms with Crippen molar-refractivity contribution >= 4 is 34.1 Å². The first-order valence-electron chi connectivity index (χ1n) is 10.2. The molecule has 4 rings (SSSR count). The van der Waals surface area contributed by atoms with Crippen molar-refractivity contribution in [2.24, 2.45) is 0 Å². The van der Waals surface area contributed by atoms with E-state index in [0.717, 1.165) is 5.56 Å². The minimum Gasteiger partial charge on any atom is -0.481 e. The molecule has 0 aliphatic carbocycles. The van der Waals surface area contributed by atoms with Crippen molar-refractivity contribution in [3.63, 3.8) is 0 Å². The molecule has 1 N–H and O–H groups in total. The normalized spacial score (nSPS) is 11.9. The van der Waals surface area contributed by atoms with Gasteiger partial charge in [0.25, 0.3) is 11.5 Å². The number of carbonyl (C=O) groups excluding carboxylic acids is 1. The van der Waals surface area contributed by atoms with Crippen LogP contribution >= 0.6 is 11.6 Å². The van der Waals surface area contributed by atoms with Crippen LogP contribution in [-0.2, 0) is 4.79 Å². The van der Waals surface area contributed by atoms with Crippen LogP contribution in [0, 0.1) is 13.8 Å². The van der Waals surface area contributed by atoms with Crippen molar-refractivity contribution in [2.75, 3.05) is 5.32 Å². The van der Waals surface area contributed by atoms with Crippen LogP contribution in [0.2, 0.25) is 5.02 Å². The minimum absolute atomic E-state index is 0.134. The molecule has 3 aromatic carbocycles. The maximum Gasteiger partial charge on any atom is 0.265 e. The van der Waals surface area contributed by atoms with Gasteiger partial charge in [-0.3, -0.25) is 14.2 Å². The molecule has 0 radical (unpaired) electrons. The Morgan fingerprint density at radius 1 is 1.06 bits per heavy atom. The highest BCUT2D eigenvalue weighted by Gasteiger charge is 2.16. The molecule has 0 aliphatic heterocycles. The van der Waals surface area contributed by atoms with Gasteiger partial charge in [-0.1, -0.05) is 23.7 Å². The molecule has 6 nitrogen and oxygen atoms in total. The third-order valence-electron chi connectivity index (χ3n) is 5.15. The number of hydrogen-bond donors (Lipinski definition) is 1. The monoisotopic (exact) mass is 447 g/mol. The zero-order valence-corrected chi connectivity index (χ0v) is 18.7. The van der Waals surface area contributed by atoms with Crippen molar-refractivity contribution in [1.29, 1.82) is 0 Å². The fourth-order valence-corrected chi connectivity index (χ4v) is 3.55. The predicted octanol–water partition coefficient (Wildman–Crippen LogP) is 5.06. The number of aryl methyl sites for hydroxylation is 2. The number of amides is 1. The summed E-state index contributed by atoms with van der Waals surface area (Å²) >= 11 is 6.03. The average Bonchev–Trinajstić information content (AvgIpc) is 2.77. The molecular formula is C25H22ClN3O3. The number of nitrogens with one attached hydrogen (secondary N) is 1.